The second kappa shape index (κ2) is 65.6. The van der Waals surface area contributed by atoms with Crippen molar-refractivity contribution in [1.29, 1.82) is 0 Å². The Labute approximate surface area is 482 Å². The van der Waals surface area contributed by atoms with Gasteiger partial charge in [-0.15, -0.1) is 0 Å². The zero-order valence-electron chi connectivity index (χ0n) is 51.2. The molecule has 0 N–H and O–H groups in total. The first-order valence-electron chi connectivity index (χ1n) is 32.9. The summed E-state index contributed by atoms with van der Waals surface area (Å²) in [5, 5.41) is 0. The molecule has 0 heterocycles. The quantitative estimate of drug-likeness (QED) is 0.0261. The molecule has 78 heavy (non-hydrogen) atoms. The number of allylic oxidation sites excluding steroid dienone is 18. The Morgan fingerprint density at radius 2 is 0.500 bits per heavy atom. The zero-order chi connectivity index (χ0) is 56.4. The smallest absolute Gasteiger partial charge is 0.306 e. The zero-order valence-corrected chi connectivity index (χ0v) is 51.2. The molecule has 0 aromatic heterocycles. The molecule has 0 aromatic rings. The fourth-order valence-corrected chi connectivity index (χ4v) is 9.10. The van der Waals surface area contributed by atoms with E-state index in [0.717, 1.165) is 116 Å². The summed E-state index contributed by atoms with van der Waals surface area (Å²) in [5.41, 5.74) is 0. The van der Waals surface area contributed by atoms with Gasteiger partial charge in [-0.1, -0.05) is 291 Å². The van der Waals surface area contributed by atoms with Crippen molar-refractivity contribution in [3.05, 3.63) is 109 Å². The van der Waals surface area contributed by atoms with Gasteiger partial charge in [0.05, 0.1) is 0 Å². The van der Waals surface area contributed by atoms with Crippen LogP contribution in [0.5, 0.6) is 0 Å². The molecule has 6 nitrogen and oxygen atoms in total. The molecule has 0 bridgehead atoms. The number of carbonyl (C=O) groups excluding carboxylic acids is 3. The van der Waals surface area contributed by atoms with Crippen molar-refractivity contribution in [2.45, 2.75) is 316 Å². The lowest BCUT2D eigenvalue weighted by molar-refractivity contribution is -0.167. The molecule has 1 unspecified atom stereocenters. The molecule has 6 heteroatoms. The van der Waals surface area contributed by atoms with E-state index in [1.54, 1.807) is 0 Å². The van der Waals surface area contributed by atoms with Crippen LogP contribution in [0.25, 0.3) is 0 Å². The van der Waals surface area contributed by atoms with Crippen LogP contribution in [0.3, 0.4) is 0 Å². The average molecular weight is 1080 g/mol. The highest BCUT2D eigenvalue weighted by Gasteiger charge is 2.19. The Bertz CT molecular complexity index is 1570. The Hall–Kier alpha value is -3.93. The molecule has 0 aliphatic carbocycles. The summed E-state index contributed by atoms with van der Waals surface area (Å²) in [6.07, 6.45) is 89.4. The molecule has 0 aromatic carbocycles. The minimum Gasteiger partial charge on any atom is -0.462 e. The highest BCUT2D eigenvalue weighted by molar-refractivity contribution is 5.71. The second-order valence-corrected chi connectivity index (χ2v) is 21.6. The maximum atomic E-state index is 12.9. The van der Waals surface area contributed by atoms with Crippen molar-refractivity contribution in [1.82, 2.24) is 0 Å². The van der Waals surface area contributed by atoms with Crippen LogP contribution in [0.15, 0.2) is 109 Å². The van der Waals surface area contributed by atoms with E-state index in [2.05, 4.69) is 130 Å². The number of hydrogen-bond donors (Lipinski definition) is 0. The van der Waals surface area contributed by atoms with Gasteiger partial charge in [-0.2, -0.15) is 0 Å². The normalized spacial score (nSPS) is 12.8. The van der Waals surface area contributed by atoms with E-state index < -0.39 is 6.10 Å². The second-order valence-electron chi connectivity index (χ2n) is 21.6. The Kier molecular flexibility index (Phi) is 62.3. The molecule has 0 radical (unpaired) electrons. The molecule has 0 rings (SSSR count). The summed E-state index contributed by atoms with van der Waals surface area (Å²) in [6, 6.07) is 0. The van der Waals surface area contributed by atoms with E-state index in [9.17, 15) is 14.4 Å². The van der Waals surface area contributed by atoms with Crippen molar-refractivity contribution < 1.29 is 28.6 Å². The predicted molar refractivity (Wildman–Crippen MR) is 339 cm³/mol. The summed E-state index contributed by atoms with van der Waals surface area (Å²) < 4.78 is 16.9. The van der Waals surface area contributed by atoms with Crippen LogP contribution < -0.4 is 0 Å². The van der Waals surface area contributed by atoms with Gasteiger partial charge in [0.1, 0.15) is 13.2 Å². The third-order valence-electron chi connectivity index (χ3n) is 14.0. The SMILES string of the molecule is CC/C=C\C/C=C\C/C=C\C/C=C\C/C=C\C/C=C\C/C=C\CCCCCC(=O)OCC(COC(=O)CCCCCCCCCCCCCCCCCC)OC(=O)CCCCCCCCCCC/C=C\C/C=C\CCCCC. The van der Waals surface area contributed by atoms with Gasteiger partial charge in [0.25, 0.3) is 0 Å². The lowest BCUT2D eigenvalue weighted by Crippen LogP contribution is -2.30. The predicted octanol–water partition coefficient (Wildman–Crippen LogP) is 22.6. The fourth-order valence-electron chi connectivity index (χ4n) is 9.10. The lowest BCUT2D eigenvalue weighted by atomic mass is 10.0. The Morgan fingerprint density at radius 3 is 0.821 bits per heavy atom. The maximum Gasteiger partial charge on any atom is 0.306 e. The van der Waals surface area contributed by atoms with Crippen molar-refractivity contribution >= 4 is 17.9 Å². The highest BCUT2D eigenvalue weighted by Crippen LogP contribution is 2.16. The van der Waals surface area contributed by atoms with Gasteiger partial charge in [-0.25, -0.2) is 0 Å². The van der Waals surface area contributed by atoms with Crippen LogP contribution in [-0.2, 0) is 28.6 Å². The molecule has 0 saturated heterocycles. The highest BCUT2D eigenvalue weighted by atomic mass is 16.6. The number of rotatable bonds is 59. The van der Waals surface area contributed by atoms with Crippen LogP contribution in [0.1, 0.15) is 310 Å². The Morgan fingerprint density at radius 1 is 0.269 bits per heavy atom. The van der Waals surface area contributed by atoms with Crippen molar-refractivity contribution in [2.24, 2.45) is 0 Å². The maximum absolute atomic E-state index is 12.9. The largest absolute Gasteiger partial charge is 0.462 e. The lowest BCUT2D eigenvalue weighted by Gasteiger charge is -2.18. The van der Waals surface area contributed by atoms with Gasteiger partial charge in [-0.3, -0.25) is 14.4 Å². The van der Waals surface area contributed by atoms with Gasteiger partial charge in [0.2, 0.25) is 0 Å². The minimum absolute atomic E-state index is 0.0888. The van der Waals surface area contributed by atoms with Crippen LogP contribution in [0.4, 0.5) is 0 Å². The van der Waals surface area contributed by atoms with Gasteiger partial charge >= 0.3 is 17.9 Å². The average Bonchev–Trinajstić information content (AvgIpc) is 3.44. The number of esters is 3. The first-order valence-corrected chi connectivity index (χ1v) is 32.9. The third-order valence-corrected chi connectivity index (χ3v) is 14.0. The first kappa shape index (κ1) is 74.1. The van der Waals surface area contributed by atoms with Crippen LogP contribution in [-0.4, -0.2) is 37.2 Å². The van der Waals surface area contributed by atoms with Gasteiger partial charge in [0, 0.05) is 19.3 Å². The standard InChI is InChI=1S/C72H122O6/c1-4-7-10-13-16-19-22-25-28-31-33-34-35-36-37-38-40-41-44-47-50-53-56-59-62-65-71(74)77-68-69(67-76-70(73)64-61-58-55-52-49-46-43-30-27-24-21-18-15-12-9-6-3)78-72(75)66-63-60-57-54-51-48-45-42-39-32-29-26-23-20-17-14-11-8-5-2/h7,10,16-17,19-20,25-26,28-29,33-34,36-37,40-41,47,50,69H,4-6,8-9,11-15,18,21-24,27,30-32,35,38-39,42-46,48-49,51-68H2,1-3H3/b10-7-,19-16-,20-17-,28-25-,29-26-,34-33-,37-36-,41-40-,50-47-. The number of ether oxygens (including phenoxy) is 3. The summed E-state index contributed by atoms with van der Waals surface area (Å²) in [6.45, 7) is 6.50. The molecule has 0 saturated carbocycles. The third kappa shape index (κ3) is 62.9. The molecule has 446 valence electrons. The number of hydrogen-bond acceptors (Lipinski definition) is 6. The van der Waals surface area contributed by atoms with Crippen molar-refractivity contribution in [3.8, 4) is 0 Å². The molecule has 0 fully saturated rings. The summed E-state index contributed by atoms with van der Waals surface area (Å²) >= 11 is 0. The number of carbonyl (C=O) groups is 3. The van der Waals surface area contributed by atoms with E-state index >= 15 is 0 Å². The van der Waals surface area contributed by atoms with Crippen LogP contribution in [0.2, 0.25) is 0 Å². The van der Waals surface area contributed by atoms with E-state index in [1.165, 1.54) is 154 Å². The molecule has 0 aliphatic heterocycles. The summed E-state index contributed by atoms with van der Waals surface area (Å²) in [4.78, 5) is 38.4. The fraction of sp³-hybridized carbons (Fsp3) is 0.708. The molecule has 0 aliphatic rings. The van der Waals surface area contributed by atoms with E-state index in [4.69, 9.17) is 14.2 Å². The first-order chi connectivity index (χ1) is 38.5. The number of unbranched alkanes of at least 4 members (excludes halogenated alkanes) is 30. The topological polar surface area (TPSA) is 78.9 Å². The Balaban J connectivity index is 4.44. The van der Waals surface area contributed by atoms with E-state index in [1.807, 2.05) is 0 Å². The monoisotopic (exact) mass is 1080 g/mol. The van der Waals surface area contributed by atoms with Crippen molar-refractivity contribution in [3.63, 3.8) is 0 Å². The molecular weight excluding hydrogens is 961 g/mol. The molecular formula is C72H122O6. The van der Waals surface area contributed by atoms with Gasteiger partial charge < -0.3 is 14.2 Å². The molecule has 1 atom stereocenters. The minimum atomic E-state index is -0.796. The van der Waals surface area contributed by atoms with Gasteiger partial charge in [-0.05, 0) is 109 Å². The van der Waals surface area contributed by atoms with Crippen LogP contribution in [0, 0.1) is 0 Å². The molecule has 0 spiro atoms. The summed E-state index contributed by atoms with van der Waals surface area (Å²) in [5.74, 6) is -0.916. The van der Waals surface area contributed by atoms with Gasteiger partial charge in [0.15, 0.2) is 6.10 Å². The summed E-state index contributed by atoms with van der Waals surface area (Å²) in [7, 11) is 0. The van der Waals surface area contributed by atoms with E-state index in [0.29, 0.717) is 19.3 Å². The molecule has 0 amide bonds. The van der Waals surface area contributed by atoms with E-state index in [-0.39, 0.29) is 31.1 Å². The van der Waals surface area contributed by atoms with Crippen LogP contribution >= 0.6 is 0 Å². The van der Waals surface area contributed by atoms with Crippen molar-refractivity contribution in [2.75, 3.05) is 13.2 Å².